The predicted molar refractivity (Wildman–Crippen MR) is 36.0 cm³/mol. The summed E-state index contributed by atoms with van der Waals surface area (Å²) in [5, 5.41) is 10.2. The summed E-state index contributed by atoms with van der Waals surface area (Å²) in [6.45, 7) is 0. The fraction of sp³-hybridized carbons (Fsp3) is 0.667. The van der Waals surface area contributed by atoms with E-state index in [1.807, 2.05) is 0 Å². The molecular formula is C6H10N4. The van der Waals surface area contributed by atoms with Crippen molar-refractivity contribution >= 4 is 0 Å². The minimum atomic E-state index is 0.110. The maximum absolute atomic E-state index is 5.82. The van der Waals surface area contributed by atoms with Gasteiger partial charge in [0, 0.05) is 0 Å². The van der Waals surface area contributed by atoms with Crippen LogP contribution in [-0.4, -0.2) is 15.4 Å². The molecule has 10 heavy (non-hydrogen) atoms. The molecule has 1 aliphatic carbocycles. The van der Waals surface area contributed by atoms with Crippen LogP contribution in [-0.2, 0) is 0 Å². The number of rotatable bonds is 2. The number of nitrogens with one attached hydrogen (secondary N) is 1. The average molecular weight is 138 g/mol. The van der Waals surface area contributed by atoms with Crippen LogP contribution in [0, 0.1) is 5.92 Å². The molecule has 1 atom stereocenters. The highest BCUT2D eigenvalue weighted by Gasteiger charge is 2.30. The Morgan fingerprint density at radius 2 is 2.50 bits per heavy atom. The molecule has 54 valence electrons. The summed E-state index contributed by atoms with van der Waals surface area (Å²) in [6, 6.07) is 0.110. The lowest BCUT2D eigenvalue weighted by Crippen LogP contribution is -2.12. The van der Waals surface area contributed by atoms with Gasteiger partial charge in [0.15, 0.2) is 0 Å². The Morgan fingerprint density at radius 3 is 3.00 bits per heavy atom. The minimum absolute atomic E-state index is 0.110. The number of aromatic amines is 1. The van der Waals surface area contributed by atoms with Gasteiger partial charge in [-0.15, -0.1) is 0 Å². The molecule has 0 saturated heterocycles. The van der Waals surface area contributed by atoms with Crippen molar-refractivity contribution in [1.29, 1.82) is 0 Å². The van der Waals surface area contributed by atoms with Gasteiger partial charge in [0.25, 0.3) is 0 Å². The number of nitrogens with zero attached hydrogens (tertiary/aromatic N) is 2. The van der Waals surface area contributed by atoms with Crippen LogP contribution in [0.2, 0.25) is 0 Å². The van der Waals surface area contributed by atoms with Crippen LogP contribution < -0.4 is 5.73 Å². The van der Waals surface area contributed by atoms with Crippen LogP contribution >= 0.6 is 0 Å². The van der Waals surface area contributed by atoms with Crippen LogP contribution in [0.5, 0.6) is 0 Å². The zero-order valence-electron chi connectivity index (χ0n) is 5.62. The van der Waals surface area contributed by atoms with E-state index in [4.69, 9.17) is 5.73 Å². The van der Waals surface area contributed by atoms with Gasteiger partial charge in [0.1, 0.15) is 0 Å². The van der Waals surface area contributed by atoms with Crippen molar-refractivity contribution in [3.8, 4) is 0 Å². The number of hydrogen-bond donors (Lipinski definition) is 2. The Kier molecular flexibility index (Phi) is 1.20. The molecule has 4 heteroatoms. The molecule has 0 bridgehead atoms. The van der Waals surface area contributed by atoms with Gasteiger partial charge in [-0.25, -0.2) is 0 Å². The highest BCUT2D eigenvalue weighted by Crippen LogP contribution is 2.38. The third-order valence-electron chi connectivity index (χ3n) is 1.91. The quantitative estimate of drug-likeness (QED) is 0.614. The monoisotopic (exact) mass is 138 g/mol. The van der Waals surface area contributed by atoms with Gasteiger partial charge in [-0.3, -0.25) is 0 Å². The fourth-order valence-corrected chi connectivity index (χ4v) is 1.07. The Labute approximate surface area is 58.8 Å². The van der Waals surface area contributed by atoms with E-state index in [2.05, 4.69) is 15.4 Å². The summed E-state index contributed by atoms with van der Waals surface area (Å²) < 4.78 is 0. The summed E-state index contributed by atoms with van der Waals surface area (Å²) in [6.07, 6.45) is 4.19. The van der Waals surface area contributed by atoms with Gasteiger partial charge in [-0.1, -0.05) is 0 Å². The Bertz CT molecular complexity index is 202. The number of nitrogens with two attached hydrogens (primary N) is 1. The summed E-state index contributed by atoms with van der Waals surface area (Å²) >= 11 is 0. The lowest BCUT2D eigenvalue weighted by Gasteiger charge is -2.02. The molecule has 0 radical (unpaired) electrons. The van der Waals surface area contributed by atoms with E-state index >= 15 is 0 Å². The van der Waals surface area contributed by atoms with E-state index in [9.17, 15) is 0 Å². The molecule has 1 saturated carbocycles. The first-order valence-corrected chi connectivity index (χ1v) is 3.49. The molecule has 1 aromatic rings. The van der Waals surface area contributed by atoms with Gasteiger partial charge in [-0.2, -0.15) is 15.4 Å². The van der Waals surface area contributed by atoms with Crippen LogP contribution in [0.25, 0.3) is 0 Å². The Hall–Kier alpha value is -0.900. The molecule has 0 aliphatic heterocycles. The normalized spacial score (nSPS) is 20.9. The molecule has 1 heterocycles. The first-order valence-electron chi connectivity index (χ1n) is 3.49. The fourth-order valence-electron chi connectivity index (χ4n) is 1.07. The van der Waals surface area contributed by atoms with Crippen LogP contribution in [0.15, 0.2) is 6.20 Å². The summed E-state index contributed by atoms with van der Waals surface area (Å²) in [5.41, 5.74) is 6.71. The van der Waals surface area contributed by atoms with Crippen molar-refractivity contribution < 1.29 is 0 Å². The van der Waals surface area contributed by atoms with Crippen molar-refractivity contribution in [3.63, 3.8) is 0 Å². The lowest BCUT2D eigenvalue weighted by atomic mass is 10.1. The van der Waals surface area contributed by atoms with E-state index in [0.717, 1.165) is 5.69 Å². The molecule has 4 nitrogen and oxygen atoms in total. The second-order valence-electron chi connectivity index (χ2n) is 2.76. The Balaban J connectivity index is 2.11. The first kappa shape index (κ1) is 5.85. The van der Waals surface area contributed by atoms with Crippen LogP contribution in [0.1, 0.15) is 24.6 Å². The first-order chi connectivity index (χ1) is 4.88. The van der Waals surface area contributed by atoms with Crippen molar-refractivity contribution in [2.45, 2.75) is 18.9 Å². The predicted octanol–water partition coefficient (Wildman–Crippen LogP) is 0.214. The van der Waals surface area contributed by atoms with Crippen LogP contribution in [0.3, 0.4) is 0 Å². The van der Waals surface area contributed by atoms with E-state index in [-0.39, 0.29) is 6.04 Å². The molecular weight excluding hydrogens is 128 g/mol. The minimum Gasteiger partial charge on any atom is -0.322 e. The van der Waals surface area contributed by atoms with Crippen molar-refractivity contribution in [2.24, 2.45) is 11.7 Å². The van der Waals surface area contributed by atoms with E-state index in [1.165, 1.54) is 12.8 Å². The molecule has 1 fully saturated rings. The molecule has 3 N–H and O–H groups in total. The molecule has 1 aromatic heterocycles. The zero-order valence-corrected chi connectivity index (χ0v) is 5.62. The van der Waals surface area contributed by atoms with Gasteiger partial charge >= 0.3 is 0 Å². The van der Waals surface area contributed by atoms with E-state index in [1.54, 1.807) is 6.20 Å². The van der Waals surface area contributed by atoms with Crippen molar-refractivity contribution in [1.82, 2.24) is 15.4 Å². The average Bonchev–Trinajstić information content (AvgIpc) is 2.65. The lowest BCUT2D eigenvalue weighted by molar-refractivity contribution is 0.612. The van der Waals surface area contributed by atoms with Gasteiger partial charge in [0.05, 0.1) is 17.9 Å². The number of H-pyrrole nitrogens is 1. The third-order valence-corrected chi connectivity index (χ3v) is 1.91. The number of hydrogen-bond acceptors (Lipinski definition) is 3. The topological polar surface area (TPSA) is 67.6 Å². The standard InChI is InChI=1S/C6H10N4/c7-6(4-1-2-4)5-3-8-10-9-5/h3-4,6H,1-2,7H2,(H,8,9,10). The van der Waals surface area contributed by atoms with Gasteiger partial charge < -0.3 is 5.73 Å². The largest absolute Gasteiger partial charge is 0.322 e. The zero-order chi connectivity index (χ0) is 6.97. The Morgan fingerprint density at radius 1 is 1.70 bits per heavy atom. The highest BCUT2D eigenvalue weighted by atomic mass is 15.3. The molecule has 0 aromatic carbocycles. The second kappa shape index (κ2) is 2.05. The maximum Gasteiger partial charge on any atom is 0.0994 e. The summed E-state index contributed by atoms with van der Waals surface area (Å²) in [5.74, 6) is 0.657. The third kappa shape index (κ3) is 0.903. The summed E-state index contributed by atoms with van der Waals surface area (Å²) in [7, 11) is 0. The molecule has 1 aliphatic rings. The van der Waals surface area contributed by atoms with Gasteiger partial charge in [0.2, 0.25) is 0 Å². The SMILES string of the molecule is NC(c1cn[nH]n1)C1CC1. The van der Waals surface area contributed by atoms with E-state index < -0.39 is 0 Å². The smallest absolute Gasteiger partial charge is 0.0994 e. The molecule has 0 spiro atoms. The van der Waals surface area contributed by atoms with E-state index in [0.29, 0.717) is 5.92 Å². The van der Waals surface area contributed by atoms with Crippen molar-refractivity contribution in [2.75, 3.05) is 0 Å². The summed E-state index contributed by atoms with van der Waals surface area (Å²) in [4.78, 5) is 0. The molecule has 2 rings (SSSR count). The van der Waals surface area contributed by atoms with Gasteiger partial charge in [-0.05, 0) is 18.8 Å². The number of aromatic nitrogens is 3. The molecule has 0 amide bonds. The van der Waals surface area contributed by atoms with Crippen LogP contribution in [0.4, 0.5) is 0 Å². The van der Waals surface area contributed by atoms with Crippen molar-refractivity contribution in [3.05, 3.63) is 11.9 Å². The maximum atomic E-state index is 5.82. The second-order valence-corrected chi connectivity index (χ2v) is 2.76. The molecule has 1 unspecified atom stereocenters. The highest BCUT2D eigenvalue weighted by molar-refractivity contribution is 5.03.